The van der Waals surface area contributed by atoms with Crippen LogP contribution in [0.25, 0.3) is 0 Å². The van der Waals surface area contributed by atoms with Crippen molar-refractivity contribution < 1.29 is 13.2 Å². The van der Waals surface area contributed by atoms with E-state index in [1.807, 2.05) is 13.8 Å². The lowest BCUT2D eigenvalue weighted by atomic mass is 10.1. The molecule has 0 bridgehead atoms. The predicted molar refractivity (Wildman–Crippen MR) is 55.5 cm³/mol. The van der Waals surface area contributed by atoms with Crippen LogP contribution in [0.3, 0.4) is 0 Å². The van der Waals surface area contributed by atoms with Crippen LogP contribution in [0.5, 0.6) is 0 Å². The molecule has 0 amide bonds. The number of rotatable bonds is 3. The standard InChI is InChI=1S/C9H11ClF3NS/c1-5(3-6(2)10)7-4-14-8(15-7)9(11,12)13/h4-6H,3H2,1-2H3. The van der Waals surface area contributed by atoms with E-state index in [2.05, 4.69) is 4.98 Å². The molecule has 1 rings (SSSR count). The van der Waals surface area contributed by atoms with Gasteiger partial charge in [0.1, 0.15) is 0 Å². The van der Waals surface area contributed by atoms with Crippen LogP contribution in [0.2, 0.25) is 0 Å². The fourth-order valence-electron chi connectivity index (χ4n) is 1.25. The van der Waals surface area contributed by atoms with E-state index in [1.54, 1.807) is 0 Å². The Morgan fingerprint density at radius 2 is 2.07 bits per heavy atom. The minimum atomic E-state index is -4.34. The molecule has 0 aromatic carbocycles. The molecule has 86 valence electrons. The van der Waals surface area contributed by atoms with Crippen LogP contribution in [-0.2, 0) is 6.18 Å². The first kappa shape index (κ1) is 12.8. The Labute approximate surface area is 95.3 Å². The van der Waals surface area contributed by atoms with Crippen LogP contribution in [0.1, 0.15) is 36.1 Å². The van der Waals surface area contributed by atoms with E-state index in [9.17, 15) is 13.2 Å². The topological polar surface area (TPSA) is 12.9 Å². The highest BCUT2D eigenvalue weighted by Crippen LogP contribution is 2.36. The number of thiazole rings is 1. The van der Waals surface area contributed by atoms with Crippen molar-refractivity contribution in [1.82, 2.24) is 4.98 Å². The molecule has 6 heteroatoms. The highest BCUT2D eigenvalue weighted by Gasteiger charge is 2.34. The fourth-order valence-corrected chi connectivity index (χ4v) is 2.36. The maximum absolute atomic E-state index is 12.2. The van der Waals surface area contributed by atoms with Crippen LogP contribution in [0.15, 0.2) is 6.20 Å². The summed E-state index contributed by atoms with van der Waals surface area (Å²) < 4.78 is 36.7. The van der Waals surface area contributed by atoms with Crippen molar-refractivity contribution in [3.8, 4) is 0 Å². The number of halogens is 4. The number of hydrogen-bond acceptors (Lipinski definition) is 2. The second-order valence-electron chi connectivity index (χ2n) is 3.48. The molecule has 15 heavy (non-hydrogen) atoms. The molecule has 1 aromatic heterocycles. The molecule has 0 spiro atoms. The second-order valence-corrected chi connectivity index (χ2v) is 5.29. The third kappa shape index (κ3) is 3.65. The Kier molecular flexibility index (Phi) is 4.00. The van der Waals surface area contributed by atoms with E-state index >= 15 is 0 Å². The van der Waals surface area contributed by atoms with Gasteiger partial charge in [0, 0.05) is 16.5 Å². The second kappa shape index (κ2) is 4.70. The van der Waals surface area contributed by atoms with Crippen molar-refractivity contribution >= 4 is 22.9 Å². The number of nitrogens with zero attached hydrogens (tertiary/aromatic N) is 1. The highest BCUT2D eigenvalue weighted by molar-refractivity contribution is 7.11. The van der Waals surface area contributed by atoms with Gasteiger partial charge in [0.2, 0.25) is 0 Å². The van der Waals surface area contributed by atoms with Crippen LogP contribution < -0.4 is 0 Å². The lowest BCUT2D eigenvalue weighted by Crippen LogP contribution is -2.03. The summed E-state index contributed by atoms with van der Waals surface area (Å²) in [6, 6.07) is 0. The molecular weight excluding hydrogens is 247 g/mol. The Balaban J connectivity index is 2.76. The smallest absolute Gasteiger partial charge is 0.240 e. The van der Waals surface area contributed by atoms with Gasteiger partial charge in [-0.2, -0.15) is 13.2 Å². The zero-order valence-corrected chi connectivity index (χ0v) is 9.88. The fraction of sp³-hybridized carbons (Fsp3) is 0.667. The maximum atomic E-state index is 12.2. The Hall–Kier alpha value is -0.290. The molecule has 0 aliphatic carbocycles. The first-order valence-corrected chi connectivity index (χ1v) is 5.73. The normalized spacial score (nSPS) is 16.4. The summed E-state index contributed by atoms with van der Waals surface area (Å²) in [5, 5.41) is -0.831. The molecule has 0 saturated heterocycles. The van der Waals surface area contributed by atoms with Crippen molar-refractivity contribution in [1.29, 1.82) is 0 Å². The monoisotopic (exact) mass is 257 g/mol. The van der Waals surface area contributed by atoms with Crippen LogP contribution >= 0.6 is 22.9 Å². The number of aromatic nitrogens is 1. The summed E-state index contributed by atoms with van der Waals surface area (Å²) in [5.41, 5.74) is 0. The van der Waals surface area contributed by atoms with Crippen molar-refractivity contribution in [3.05, 3.63) is 16.1 Å². The van der Waals surface area contributed by atoms with Crippen LogP contribution in [-0.4, -0.2) is 10.4 Å². The average molecular weight is 258 g/mol. The minimum absolute atomic E-state index is 0.0195. The zero-order valence-electron chi connectivity index (χ0n) is 8.31. The molecule has 0 radical (unpaired) electrons. The largest absolute Gasteiger partial charge is 0.443 e. The van der Waals surface area contributed by atoms with Gasteiger partial charge in [0.05, 0.1) is 0 Å². The first-order valence-electron chi connectivity index (χ1n) is 4.47. The molecule has 2 atom stereocenters. The molecule has 0 aliphatic rings. The molecule has 2 unspecified atom stereocenters. The Bertz CT molecular complexity index is 321. The first-order chi connectivity index (χ1) is 6.80. The van der Waals surface area contributed by atoms with Gasteiger partial charge in [-0.15, -0.1) is 22.9 Å². The van der Waals surface area contributed by atoms with Gasteiger partial charge >= 0.3 is 6.18 Å². The summed E-state index contributed by atoms with van der Waals surface area (Å²) in [6.45, 7) is 3.68. The third-order valence-electron chi connectivity index (χ3n) is 1.93. The molecule has 0 aliphatic heterocycles. The summed E-state index contributed by atoms with van der Waals surface area (Å²) in [6.07, 6.45) is -2.40. The lowest BCUT2D eigenvalue weighted by Gasteiger charge is -2.09. The van der Waals surface area contributed by atoms with Crippen molar-refractivity contribution in [2.75, 3.05) is 0 Å². The highest BCUT2D eigenvalue weighted by atomic mass is 35.5. The molecule has 1 heterocycles. The predicted octanol–water partition coefficient (Wildman–Crippen LogP) is 4.28. The van der Waals surface area contributed by atoms with Gasteiger partial charge in [0.15, 0.2) is 5.01 Å². The third-order valence-corrected chi connectivity index (χ3v) is 3.38. The van der Waals surface area contributed by atoms with E-state index in [4.69, 9.17) is 11.6 Å². The van der Waals surface area contributed by atoms with Crippen molar-refractivity contribution in [3.63, 3.8) is 0 Å². The van der Waals surface area contributed by atoms with Gasteiger partial charge < -0.3 is 0 Å². The zero-order chi connectivity index (χ0) is 11.6. The molecule has 0 saturated carbocycles. The quantitative estimate of drug-likeness (QED) is 0.737. The maximum Gasteiger partial charge on any atom is 0.443 e. The van der Waals surface area contributed by atoms with Crippen LogP contribution in [0.4, 0.5) is 13.2 Å². The molecule has 0 fully saturated rings. The number of hydrogen-bond donors (Lipinski definition) is 0. The van der Waals surface area contributed by atoms with E-state index in [-0.39, 0.29) is 11.3 Å². The minimum Gasteiger partial charge on any atom is -0.240 e. The molecule has 1 aromatic rings. The molecule has 0 N–H and O–H groups in total. The summed E-state index contributed by atoms with van der Waals surface area (Å²) >= 11 is 6.48. The van der Waals surface area contributed by atoms with E-state index < -0.39 is 11.2 Å². The Morgan fingerprint density at radius 3 is 2.47 bits per heavy atom. The van der Waals surface area contributed by atoms with E-state index in [0.29, 0.717) is 22.6 Å². The van der Waals surface area contributed by atoms with Crippen LogP contribution in [0, 0.1) is 0 Å². The lowest BCUT2D eigenvalue weighted by molar-refractivity contribution is -0.137. The van der Waals surface area contributed by atoms with E-state index in [1.165, 1.54) is 6.20 Å². The van der Waals surface area contributed by atoms with Gasteiger partial charge in [-0.05, 0) is 19.3 Å². The summed E-state index contributed by atoms with van der Waals surface area (Å²) in [7, 11) is 0. The van der Waals surface area contributed by atoms with Gasteiger partial charge in [-0.1, -0.05) is 6.92 Å². The van der Waals surface area contributed by atoms with Gasteiger partial charge in [-0.25, -0.2) is 4.98 Å². The van der Waals surface area contributed by atoms with Crippen molar-refractivity contribution in [2.45, 2.75) is 37.7 Å². The summed E-state index contributed by atoms with van der Waals surface area (Å²) in [4.78, 5) is 4.00. The molecular formula is C9H11ClF3NS. The molecule has 1 nitrogen and oxygen atoms in total. The average Bonchev–Trinajstić information content (AvgIpc) is 2.48. The van der Waals surface area contributed by atoms with Gasteiger partial charge in [0.25, 0.3) is 0 Å². The van der Waals surface area contributed by atoms with E-state index in [0.717, 1.165) is 0 Å². The summed E-state index contributed by atoms with van der Waals surface area (Å²) in [5.74, 6) is 0.0195. The van der Waals surface area contributed by atoms with Gasteiger partial charge in [-0.3, -0.25) is 0 Å². The number of alkyl halides is 4. The Morgan fingerprint density at radius 1 is 1.47 bits per heavy atom. The SMILES string of the molecule is CC(Cl)CC(C)c1cnc(C(F)(F)F)s1. The van der Waals surface area contributed by atoms with Crippen molar-refractivity contribution in [2.24, 2.45) is 0 Å².